The van der Waals surface area contributed by atoms with Crippen molar-refractivity contribution in [2.75, 3.05) is 6.61 Å². The van der Waals surface area contributed by atoms with Crippen molar-refractivity contribution in [2.24, 2.45) is 11.7 Å². The summed E-state index contributed by atoms with van der Waals surface area (Å²) in [7, 11) is 0. The Morgan fingerprint density at radius 2 is 2.17 bits per heavy atom. The Morgan fingerprint density at radius 3 is 2.78 bits per heavy atom. The molecule has 3 nitrogen and oxygen atoms in total. The lowest BCUT2D eigenvalue weighted by atomic mass is 10.1. The normalized spacial score (nSPS) is 10.9. The van der Waals surface area contributed by atoms with E-state index in [-0.39, 0.29) is 11.7 Å². The van der Waals surface area contributed by atoms with Gasteiger partial charge in [0, 0.05) is 12.2 Å². The first-order valence-electron chi connectivity index (χ1n) is 6.21. The Hall–Kier alpha value is -1.42. The van der Waals surface area contributed by atoms with Gasteiger partial charge < -0.3 is 10.5 Å². The quantitative estimate of drug-likeness (QED) is 0.445. The maximum atomic E-state index is 13.0. The van der Waals surface area contributed by atoms with E-state index in [1.165, 1.54) is 12.1 Å². The van der Waals surface area contributed by atoms with E-state index >= 15 is 0 Å². The van der Waals surface area contributed by atoms with E-state index in [4.69, 9.17) is 15.9 Å². The zero-order chi connectivity index (χ0) is 13.5. The van der Waals surface area contributed by atoms with Gasteiger partial charge in [-0.25, -0.2) is 4.39 Å². The molecule has 100 valence electrons. The second-order valence-electron chi connectivity index (χ2n) is 4.80. The largest absolute Gasteiger partial charge is 0.384 e. The number of amidine groups is 1. The molecule has 0 amide bonds. The molecule has 0 aliphatic rings. The summed E-state index contributed by atoms with van der Waals surface area (Å²) in [4.78, 5) is 0. The lowest BCUT2D eigenvalue weighted by molar-refractivity contribution is 0.114. The molecular formula is C14H21FN2O. The highest BCUT2D eigenvalue weighted by atomic mass is 19.1. The van der Waals surface area contributed by atoms with E-state index in [9.17, 15) is 4.39 Å². The van der Waals surface area contributed by atoms with Crippen molar-refractivity contribution in [3.8, 4) is 0 Å². The summed E-state index contributed by atoms with van der Waals surface area (Å²) in [5, 5.41) is 7.40. The van der Waals surface area contributed by atoms with Crippen LogP contribution in [0.3, 0.4) is 0 Å². The molecule has 0 aromatic heterocycles. The van der Waals surface area contributed by atoms with Gasteiger partial charge in [0.25, 0.3) is 0 Å². The number of hydrogen-bond acceptors (Lipinski definition) is 2. The molecule has 0 unspecified atom stereocenters. The minimum atomic E-state index is -0.385. The summed E-state index contributed by atoms with van der Waals surface area (Å²) in [6, 6.07) is 4.25. The third-order valence-electron chi connectivity index (χ3n) is 2.69. The Kier molecular flexibility index (Phi) is 5.78. The number of nitrogens with one attached hydrogen (secondary N) is 1. The van der Waals surface area contributed by atoms with Gasteiger partial charge in [0.2, 0.25) is 0 Å². The molecule has 0 fully saturated rings. The number of nitrogens with two attached hydrogens (primary N) is 1. The van der Waals surface area contributed by atoms with Gasteiger partial charge in [0.15, 0.2) is 0 Å². The fourth-order valence-electron chi connectivity index (χ4n) is 1.70. The van der Waals surface area contributed by atoms with Crippen LogP contribution in [0, 0.1) is 17.1 Å². The summed E-state index contributed by atoms with van der Waals surface area (Å²) >= 11 is 0. The molecule has 0 bridgehead atoms. The van der Waals surface area contributed by atoms with Crippen molar-refractivity contribution in [3.63, 3.8) is 0 Å². The number of nitrogen functional groups attached to an aromatic ring is 1. The smallest absolute Gasteiger partial charge is 0.123 e. The van der Waals surface area contributed by atoms with E-state index in [1.54, 1.807) is 6.07 Å². The zero-order valence-corrected chi connectivity index (χ0v) is 11.0. The summed E-state index contributed by atoms with van der Waals surface area (Å²) in [5.41, 5.74) is 6.59. The minimum absolute atomic E-state index is 0.129. The van der Waals surface area contributed by atoms with Crippen molar-refractivity contribution in [1.82, 2.24) is 0 Å². The lowest BCUT2D eigenvalue weighted by Gasteiger charge is -2.10. The molecule has 0 aliphatic carbocycles. The van der Waals surface area contributed by atoms with Crippen LogP contribution in [0.4, 0.5) is 4.39 Å². The van der Waals surface area contributed by atoms with Crippen LogP contribution in [0.15, 0.2) is 18.2 Å². The van der Waals surface area contributed by atoms with Crippen LogP contribution in [0.2, 0.25) is 0 Å². The van der Waals surface area contributed by atoms with Gasteiger partial charge >= 0.3 is 0 Å². The molecule has 0 aliphatic heterocycles. The van der Waals surface area contributed by atoms with Gasteiger partial charge in [-0.05, 0) is 36.5 Å². The third kappa shape index (κ3) is 4.84. The Bertz CT molecular complexity index is 405. The molecule has 0 heterocycles. The molecule has 1 aromatic carbocycles. The summed E-state index contributed by atoms with van der Waals surface area (Å²) < 4.78 is 18.6. The third-order valence-corrected chi connectivity index (χ3v) is 2.69. The maximum absolute atomic E-state index is 13.0. The molecule has 18 heavy (non-hydrogen) atoms. The Labute approximate surface area is 108 Å². The predicted octanol–water partition coefficient (Wildman–Crippen LogP) is 3.06. The summed E-state index contributed by atoms with van der Waals surface area (Å²) in [6.07, 6.45) is 2.14. The van der Waals surface area contributed by atoms with Gasteiger partial charge in [-0.15, -0.1) is 0 Å². The topological polar surface area (TPSA) is 59.1 Å². The first-order valence-corrected chi connectivity index (χ1v) is 6.21. The van der Waals surface area contributed by atoms with Crippen molar-refractivity contribution < 1.29 is 9.13 Å². The number of benzene rings is 1. The Balaban J connectivity index is 2.49. The molecule has 1 rings (SSSR count). The van der Waals surface area contributed by atoms with Gasteiger partial charge in [-0.1, -0.05) is 19.9 Å². The van der Waals surface area contributed by atoms with Crippen LogP contribution in [0.5, 0.6) is 0 Å². The van der Waals surface area contributed by atoms with Crippen molar-refractivity contribution in [2.45, 2.75) is 33.3 Å². The monoisotopic (exact) mass is 252 g/mol. The van der Waals surface area contributed by atoms with E-state index in [2.05, 4.69) is 13.8 Å². The van der Waals surface area contributed by atoms with Crippen LogP contribution in [0.1, 0.15) is 37.8 Å². The second-order valence-corrected chi connectivity index (χ2v) is 4.80. The fourth-order valence-corrected chi connectivity index (χ4v) is 1.70. The zero-order valence-electron chi connectivity index (χ0n) is 11.0. The van der Waals surface area contributed by atoms with E-state index < -0.39 is 0 Å². The number of halogens is 1. The highest BCUT2D eigenvalue weighted by Gasteiger charge is 2.07. The predicted molar refractivity (Wildman–Crippen MR) is 71.1 cm³/mol. The number of hydrogen-bond donors (Lipinski definition) is 2. The molecular weight excluding hydrogens is 231 g/mol. The van der Waals surface area contributed by atoms with Gasteiger partial charge in [0.05, 0.1) is 6.61 Å². The highest BCUT2D eigenvalue weighted by molar-refractivity contribution is 5.96. The average Bonchev–Trinajstić information content (AvgIpc) is 2.29. The summed E-state index contributed by atoms with van der Waals surface area (Å²) in [6.45, 7) is 5.39. The van der Waals surface area contributed by atoms with E-state index in [0.717, 1.165) is 18.4 Å². The van der Waals surface area contributed by atoms with Gasteiger partial charge in [-0.3, -0.25) is 5.41 Å². The number of ether oxygens (including phenoxy) is 1. The summed E-state index contributed by atoms with van der Waals surface area (Å²) in [5.74, 6) is 0.159. The SMILES string of the molecule is CC(C)CCCOCc1ccc(F)cc1C(=N)N. The maximum Gasteiger partial charge on any atom is 0.123 e. The van der Waals surface area contributed by atoms with Crippen molar-refractivity contribution in [1.29, 1.82) is 5.41 Å². The second kappa shape index (κ2) is 7.11. The first-order chi connectivity index (χ1) is 8.50. The molecule has 0 spiro atoms. The van der Waals surface area contributed by atoms with Crippen molar-refractivity contribution in [3.05, 3.63) is 35.1 Å². The minimum Gasteiger partial charge on any atom is -0.384 e. The first kappa shape index (κ1) is 14.6. The van der Waals surface area contributed by atoms with E-state index in [1.807, 2.05) is 0 Å². The molecule has 0 saturated heterocycles. The van der Waals surface area contributed by atoms with Gasteiger partial charge in [-0.2, -0.15) is 0 Å². The van der Waals surface area contributed by atoms with Gasteiger partial charge in [0.1, 0.15) is 11.7 Å². The standard InChI is InChI=1S/C14H21FN2O/c1-10(2)4-3-7-18-9-11-5-6-12(15)8-13(11)14(16)17/h5-6,8,10H,3-4,7,9H2,1-2H3,(H3,16,17). The van der Waals surface area contributed by atoms with Crippen LogP contribution < -0.4 is 5.73 Å². The van der Waals surface area contributed by atoms with Crippen LogP contribution >= 0.6 is 0 Å². The highest BCUT2D eigenvalue weighted by Crippen LogP contribution is 2.13. The molecule has 0 saturated carbocycles. The fraction of sp³-hybridized carbons (Fsp3) is 0.500. The van der Waals surface area contributed by atoms with E-state index in [0.29, 0.717) is 24.7 Å². The Morgan fingerprint density at radius 1 is 1.44 bits per heavy atom. The van der Waals surface area contributed by atoms with Crippen molar-refractivity contribution >= 4 is 5.84 Å². The molecule has 0 atom stereocenters. The molecule has 1 aromatic rings. The van der Waals surface area contributed by atoms with Crippen LogP contribution in [-0.2, 0) is 11.3 Å². The lowest BCUT2D eigenvalue weighted by Crippen LogP contribution is -2.15. The average molecular weight is 252 g/mol. The van der Waals surface area contributed by atoms with Crippen LogP contribution in [0.25, 0.3) is 0 Å². The van der Waals surface area contributed by atoms with Crippen LogP contribution in [-0.4, -0.2) is 12.4 Å². The molecule has 0 radical (unpaired) electrons. The molecule has 3 N–H and O–H groups in total. The number of rotatable bonds is 7. The molecule has 4 heteroatoms.